The molecule has 1 aliphatic heterocycles. The Bertz CT molecular complexity index is 706. The summed E-state index contributed by atoms with van der Waals surface area (Å²) in [7, 11) is 0. The SMILES string of the molecule is NC(=O)C1(O)CCCN(c2ccnc3ccc(Cl)cc23)C1. The number of hydrogen-bond donors (Lipinski definition) is 2. The Balaban J connectivity index is 2.04. The van der Waals surface area contributed by atoms with Gasteiger partial charge >= 0.3 is 0 Å². The van der Waals surface area contributed by atoms with Crippen LogP contribution in [0.5, 0.6) is 0 Å². The third kappa shape index (κ3) is 2.54. The van der Waals surface area contributed by atoms with Crippen molar-refractivity contribution in [2.45, 2.75) is 18.4 Å². The highest BCUT2D eigenvalue weighted by atomic mass is 35.5. The van der Waals surface area contributed by atoms with E-state index in [4.69, 9.17) is 17.3 Å². The highest BCUT2D eigenvalue weighted by Gasteiger charge is 2.39. The van der Waals surface area contributed by atoms with Crippen molar-refractivity contribution in [3.05, 3.63) is 35.5 Å². The van der Waals surface area contributed by atoms with E-state index in [0.29, 0.717) is 17.9 Å². The molecule has 1 aromatic heterocycles. The van der Waals surface area contributed by atoms with E-state index in [1.54, 1.807) is 12.3 Å². The zero-order valence-electron chi connectivity index (χ0n) is 11.4. The number of piperidine rings is 1. The molecule has 110 valence electrons. The molecular weight excluding hydrogens is 290 g/mol. The van der Waals surface area contributed by atoms with Crippen molar-refractivity contribution in [3.8, 4) is 0 Å². The minimum Gasteiger partial charge on any atom is -0.378 e. The predicted octanol–water partition coefficient (Wildman–Crippen LogP) is 1.70. The van der Waals surface area contributed by atoms with Crippen LogP contribution in [0.15, 0.2) is 30.5 Å². The fourth-order valence-electron chi connectivity index (χ4n) is 2.82. The van der Waals surface area contributed by atoms with Crippen LogP contribution < -0.4 is 10.6 Å². The Morgan fingerprint density at radius 1 is 1.43 bits per heavy atom. The molecule has 3 N–H and O–H groups in total. The zero-order valence-corrected chi connectivity index (χ0v) is 12.2. The van der Waals surface area contributed by atoms with Gasteiger partial charge in [0, 0.05) is 28.8 Å². The van der Waals surface area contributed by atoms with Crippen molar-refractivity contribution in [1.29, 1.82) is 0 Å². The number of halogens is 1. The number of aliphatic hydroxyl groups is 1. The van der Waals surface area contributed by atoms with Crippen LogP contribution in [0.2, 0.25) is 5.02 Å². The van der Waals surface area contributed by atoms with Gasteiger partial charge in [0.05, 0.1) is 12.1 Å². The molecule has 1 unspecified atom stereocenters. The number of carbonyl (C=O) groups excluding carboxylic acids is 1. The molecule has 1 amide bonds. The first kappa shape index (κ1) is 14.1. The number of fused-ring (bicyclic) bond motifs is 1. The molecule has 0 aliphatic carbocycles. The normalized spacial score (nSPS) is 22.5. The molecule has 3 rings (SSSR count). The molecule has 0 spiro atoms. The summed E-state index contributed by atoms with van der Waals surface area (Å²) in [4.78, 5) is 17.8. The lowest BCUT2D eigenvalue weighted by molar-refractivity contribution is -0.137. The second kappa shape index (κ2) is 5.16. The molecule has 2 heterocycles. The summed E-state index contributed by atoms with van der Waals surface area (Å²) < 4.78 is 0. The average molecular weight is 306 g/mol. The fourth-order valence-corrected chi connectivity index (χ4v) is 2.99. The molecule has 21 heavy (non-hydrogen) atoms. The van der Waals surface area contributed by atoms with E-state index in [-0.39, 0.29) is 6.54 Å². The van der Waals surface area contributed by atoms with Crippen molar-refractivity contribution in [1.82, 2.24) is 4.98 Å². The number of primary amides is 1. The van der Waals surface area contributed by atoms with Gasteiger partial charge in [-0.15, -0.1) is 0 Å². The molecule has 2 aromatic rings. The number of rotatable bonds is 2. The van der Waals surface area contributed by atoms with Gasteiger partial charge in [0.25, 0.3) is 5.91 Å². The van der Waals surface area contributed by atoms with Gasteiger partial charge in [0.2, 0.25) is 0 Å². The van der Waals surface area contributed by atoms with Crippen LogP contribution in [0.3, 0.4) is 0 Å². The van der Waals surface area contributed by atoms with Gasteiger partial charge < -0.3 is 15.7 Å². The van der Waals surface area contributed by atoms with Crippen LogP contribution in [0.1, 0.15) is 12.8 Å². The molecular formula is C15H16ClN3O2. The van der Waals surface area contributed by atoms with Crippen molar-refractivity contribution in [2.75, 3.05) is 18.0 Å². The number of anilines is 1. The van der Waals surface area contributed by atoms with Crippen LogP contribution in [-0.2, 0) is 4.79 Å². The van der Waals surface area contributed by atoms with Crippen LogP contribution in [0.4, 0.5) is 5.69 Å². The van der Waals surface area contributed by atoms with E-state index in [1.165, 1.54) is 0 Å². The van der Waals surface area contributed by atoms with Gasteiger partial charge in [-0.2, -0.15) is 0 Å². The van der Waals surface area contributed by atoms with Crippen molar-refractivity contribution in [3.63, 3.8) is 0 Å². The summed E-state index contributed by atoms with van der Waals surface area (Å²) in [6, 6.07) is 7.35. The van der Waals surface area contributed by atoms with E-state index in [2.05, 4.69) is 4.98 Å². The van der Waals surface area contributed by atoms with E-state index in [9.17, 15) is 9.90 Å². The molecule has 1 aromatic carbocycles. The number of benzene rings is 1. The third-order valence-corrected chi connectivity index (χ3v) is 4.19. The number of nitrogens with two attached hydrogens (primary N) is 1. The number of carbonyl (C=O) groups is 1. The highest BCUT2D eigenvalue weighted by Crippen LogP contribution is 2.32. The number of amides is 1. The van der Waals surface area contributed by atoms with Crippen LogP contribution in [0.25, 0.3) is 10.9 Å². The van der Waals surface area contributed by atoms with Gasteiger partial charge in [-0.1, -0.05) is 11.6 Å². The van der Waals surface area contributed by atoms with Crippen molar-refractivity contribution >= 4 is 34.1 Å². The van der Waals surface area contributed by atoms with Crippen molar-refractivity contribution in [2.24, 2.45) is 5.73 Å². The number of β-amino-alcohol motifs (C(OH)–C–C–N with tert-alkyl or cyclic N) is 1. The number of hydrogen-bond acceptors (Lipinski definition) is 4. The maximum Gasteiger partial charge on any atom is 0.251 e. The minimum absolute atomic E-state index is 0.188. The Morgan fingerprint density at radius 2 is 2.24 bits per heavy atom. The van der Waals surface area contributed by atoms with Gasteiger partial charge in [0.15, 0.2) is 5.60 Å². The molecule has 0 radical (unpaired) electrons. The third-order valence-electron chi connectivity index (χ3n) is 3.95. The Morgan fingerprint density at radius 3 is 3.00 bits per heavy atom. The monoisotopic (exact) mass is 305 g/mol. The van der Waals surface area contributed by atoms with E-state index >= 15 is 0 Å². The molecule has 5 nitrogen and oxygen atoms in total. The van der Waals surface area contributed by atoms with Crippen molar-refractivity contribution < 1.29 is 9.90 Å². The van der Waals surface area contributed by atoms with Gasteiger partial charge in [-0.05, 0) is 37.1 Å². The Labute approximate surface area is 127 Å². The molecule has 1 aliphatic rings. The number of nitrogens with zero attached hydrogens (tertiary/aromatic N) is 2. The maximum absolute atomic E-state index is 11.5. The van der Waals surface area contributed by atoms with E-state index < -0.39 is 11.5 Å². The summed E-state index contributed by atoms with van der Waals surface area (Å²) in [6.07, 6.45) is 2.80. The Hall–Kier alpha value is -1.85. The lowest BCUT2D eigenvalue weighted by Gasteiger charge is -2.38. The Kier molecular flexibility index (Phi) is 3.47. The smallest absolute Gasteiger partial charge is 0.251 e. The largest absolute Gasteiger partial charge is 0.378 e. The molecule has 1 fully saturated rings. The highest BCUT2D eigenvalue weighted by molar-refractivity contribution is 6.31. The lowest BCUT2D eigenvalue weighted by Crippen LogP contribution is -2.56. The zero-order chi connectivity index (χ0) is 15.0. The second-order valence-corrected chi connectivity index (χ2v) is 5.85. The van der Waals surface area contributed by atoms with Crippen LogP contribution in [0, 0.1) is 0 Å². The summed E-state index contributed by atoms with van der Waals surface area (Å²) in [5.41, 5.74) is 5.58. The van der Waals surface area contributed by atoms with Gasteiger partial charge in [-0.25, -0.2) is 0 Å². The summed E-state index contributed by atoms with van der Waals surface area (Å²) in [6.45, 7) is 0.940. The topological polar surface area (TPSA) is 79.5 Å². The first-order valence-electron chi connectivity index (χ1n) is 6.81. The standard InChI is InChI=1S/C15H16ClN3O2/c16-10-2-3-12-11(8-10)13(4-6-18-12)19-7-1-5-15(21,9-19)14(17)20/h2-4,6,8,21H,1,5,7,9H2,(H2,17,20). The average Bonchev–Trinajstić information content (AvgIpc) is 2.46. The van der Waals surface area contributed by atoms with E-state index in [1.807, 2.05) is 23.1 Å². The first-order valence-corrected chi connectivity index (χ1v) is 7.19. The van der Waals surface area contributed by atoms with Crippen LogP contribution in [-0.4, -0.2) is 34.7 Å². The maximum atomic E-state index is 11.5. The summed E-state index contributed by atoms with van der Waals surface area (Å²) in [5.74, 6) is -0.677. The van der Waals surface area contributed by atoms with E-state index in [0.717, 1.165) is 23.1 Å². The molecule has 0 bridgehead atoms. The molecule has 1 atom stereocenters. The lowest BCUT2D eigenvalue weighted by atomic mass is 9.91. The summed E-state index contributed by atoms with van der Waals surface area (Å²) >= 11 is 6.07. The first-order chi connectivity index (χ1) is 9.99. The molecule has 0 saturated carbocycles. The number of aromatic nitrogens is 1. The predicted molar refractivity (Wildman–Crippen MR) is 82.3 cm³/mol. The second-order valence-electron chi connectivity index (χ2n) is 5.41. The number of pyridine rings is 1. The summed E-state index contributed by atoms with van der Waals surface area (Å²) in [5, 5.41) is 11.9. The quantitative estimate of drug-likeness (QED) is 0.885. The van der Waals surface area contributed by atoms with Gasteiger partial charge in [-0.3, -0.25) is 9.78 Å². The van der Waals surface area contributed by atoms with Crippen LogP contribution >= 0.6 is 11.6 Å². The minimum atomic E-state index is -1.48. The van der Waals surface area contributed by atoms with Gasteiger partial charge in [0.1, 0.15) is 0 Å². The molecule has 1 saturated heterocycles. The molecule has 6 heteroatoms. The fraction of sp³-hybridized carbons (Fsp3) is 0.333.